The Hall–Kier alpha value is -8.22. The Morgan fingerprint density at radius 1 is 0.286 bits per heavy atom. The zero-order chi connectivity index (χ0) is 42.3. The van der Waals surface area contributed by atoms with E-state index in [0.29, 0.717) is 17.5 Å². The maximum absolute atomic E-state index is 5.02. The summed E-state index contributed by atoms with van der Waals surface area (Å²) >= 11 is 0. The van der Waals surface area contributed by atoms with Crippen molar-refractivity contribution in [3.8, 4) is 101 Å². The molecule has 0 unspecified atom stereocenters. The van der Waals surface area contributed by atoms with Crippen LogP contribution in [0, 0.1) is 0 Å². The van der Waals surface area contributed by atoms with Gasteiger partial charge in [0.2, 0.25) is 0 Å². The second kappa shape index (κ2) is 15.7. The van der Waals surface area contributed by atoms with E-state index in [9.17, 15) is 0 Å². The summed E-state index contributed by atoms with van der Waals surface area (Å²) in [6.07, 6.45) is 3.60. The van der Waals surface area contributed by atoms with Gasteiger partial charge in [0.15, 0.2) is 17.5 Å². The van der Waals surface area contributed by atoms with Gasteiger partial charge in [0.05, 0.1) is 22.8 Å². The first kappa shape index (κ1) is 37.8. The molecule has 4 aromatic heterocycles. The van der Waals surface area contributed by atoms with Crippen molar-refractivity contribution in [3.05, 3.63) is 218 Å². The summed E-state index contributed by atoms with van der Waals surface area (Å²) in [5, 5.41) is 0. The standard InChI is InChI=1S/C57H40N6/c1-57(2)48-33-43(27-29-46(48)47-30-28-44(34-49(47)57)56-62-54(41-13-5-3-6-14-41)61-55(63-56)42-15-7-4-8-16-42)39-23-19-37(20-24-39)38-21-25-40(26-22-38)45-35-52(50-17-9-11-31-58-50)60-53(36-45)51-18-10-12-32-59-51/h3-36H,1-2H3. The van der Waals surface area contributed by atoms with Gasteiger partial charge in [-0.05, 0) is 104 Å². The molecule has 1 aliphatic rings. The third-order valence-electron chi connectivity index (χ3n) is 12.1. The van der Waals surface area contributed by atoms with Crippen LogP contribution in [0.3, 0.4) is 0 Å². The number of hydrogen-bond donors (Lipinski definition) is 0. The molecule has 6 aromatic carbocycles. The molecule has 0 saturated carbocycles. The number of fused-ring (bicyclic) bond motifs is 3. The maximum Gasteiger partial charge on any atom is 0.164 e. The highest BCUT2D eigenvalue weighted by Gasteiger charge is 2.36. The molecule has 63 heavy (non-hydrogen) atoms. The third kappa shape index (κ3) is 7.17. The van der Waals surface area contributed by atoms with Gasteiger partial charge in [0.25, 0.3) is 0 Å². The van der Waals surface area contributed by atoms with Crippen LogP contribution in [0.1, 0.15) is 25.0 Å². The Bertz CT molecular complexity index is 3140. The predicted molar refractivity (Wildman–Crippen MR) is 254 cm³/mol. The van der Waals surface area contributed by atoms with Gasteiger partial charge < -0.3 is 0 Å². The van der Waals surface area contributed by atoms with Gasteiger partial charge in [-0.15, -0.1) is 0 Å². The highest BCUT2D eigenvalue weighted by Crippen LogP contribution is 2.50. The first-order chi connectivity index (χ1) is 30.9. The van der Waals surface area contributed by atoms with Crippen LogP contribution >= 0.6 is 0 Å². The molecule has 4 heterocycles. The van der Waals surface area contributed by atoms with Crippen LogP contribution in [0.2, 0.25) is 0 Å². The van der Waals surface area contributed by atoms with Gasteiger partial charge in [-0.2, -0.15) is 0 Å². The van der Waals surface area contributed by atoms with Crippen LogP contribution in [-0.4, -0.2) is 29.9 Å². The van der Waals surface area contributed by atoms with E-state index in [2.05, 4.69) is 121 Å². The van der Waals surface area contributed by atoms with Crippen molar-refractivity contribution >= 4 is 0 Å². The number of hydrogen-bond acceptors (Lipinski definition) is 6. The van der Waals surface area contributed by atoms with E-state index in [-0.39, 0.29) is 5.41 Å². The normalized spacial score (nSPS) is 12.4. The molecule has 298 valence electrons. The van der Waals surface area contributed by atoms with Gasteiger partial charge in [-0.25, -0.2) is 19.9 Å². The van der Waals surface area contributed by atoms with Crippen LogP contribution in [-0.2, 0) is 5.41 Å². The summed E-state index contributed by atoms with van der Waals surface area (Å²) in [7, 11) is 0. The lowest BCUT2D eigenvalue weighted by atomic mass is 9.81. The Morgan fingerprint density at radius 3 is 1.13 bits per heavy atom. The Labute approximate surface area is 366 Å². The zero-order valence-electron chi connectivity index (χ0n) is 34.8. The fourth-order valence-electron chi connectivity index (χ4n) is 8.69. The van der Waals surface area contributed by atoms with Gasteiger partial charge >= 0.3 is 0 Å². The van der Waals surface area contributed by atoms with Crippen molar-refractivity contribution in [1.82, 2.24) is 29.9 Å². The van der Waals surface area contributed by atoms with Gasteiger partial charge in [-0.1, -0.05) is 159 Å². The van der Waals surface area contributed by atoms with Gasteiger partial charge in [0, 0.05) is 34.5 Å². The molecular weight excluding hydrogens is 769 g/mol. The average Bonchev–Trinajstić information content (AvgIpc) is 3.59. The number of nitrogens with zero attached hydrogens (tertiary/aromatic N) is 6. The van der Waals surface area contributed by atoms with E-state index in [1.807, 2.05) is 97.1 Å². The van der Waals surface area contributed by atoms with E-state index in [4.69, 9.17) is 19.9 Å². The summed E-state index contributed by atoms with van der Waals surface area (Å²) in [5.74, 6) is 1.98. The molecule has 0 spiro atoms. The minimum Gasteiger partial charge on any atom is -0.255 e. The largest absolute Gasteiger partial charge is 0.255 e. The minimum atomic E-state index is -0.235. The number of benzene rings is 6. The monoisotopic (exact) mass is 808 g/mol. The first-order valence-corrected chi connectivity index (χ1v) is 21.2. The SMILES string of the molecule is CC1(C)c2cc(-c3ccc(-c4ccc(-c5cc(-c6ccccn6)nc(-c6ccccn6)c5)cc4)cc3)ccc2-c2ccc(-c3nc(-c4ccccc4)nc(-c4ccccc4)n3)cc21. The Kier molecular flexibility index (Phi) is 9.39. The van der Waals surface area contributed by atoms with E-state index in [1.54, 1.807) is 12.4 Å². The number of pyridine rings is 3. The Balaban J connectivity index is 0.869. The molecule has 6 heteroatoms. The molecule has 0 bridgehead atoms. The van der Waals surface area contributed by atoms with E-state index in [1.165, 1.54) is 33.4 Å². The number of rotatable bonds is 8. The molecule has 0 aliphatic heterocycles. The molecule has 6 nitrogen and oxygen atoms in total. The smallest absolute Gasteiger partial charge is 0.164 e. The lowest BCUT2D eigenvalue weighted by molar-refractivity contribution is 0.661. The van der Waals surface area contributed by atoms with Crippen LogP contribution in [0.4, 0.5) is 0 Å². The zero-order valence-corrected chi connectivity index (χ0v) is 34.8. The fraction of sp³-hybridized carbons (Fsp3) is 0.0526. The van der Waals surface area contributed by atoms with Crippen molar-refractivity contribution in [2.24, 2.45) is 0 Å². The molecule has 11 rings (SSSR count). The third-order valence-corrected chi connectivity index (χ3v) is 12.1. The molecule has 10 aromatic rings. The highest BCUT2D eigenvalue weighted by molar-refractivity contribution is 5.86. The molecule has 0 atom stereocenters. The van der Waals surface area contributed by atoms with E-state index in [0.717, 1.165) is 61.7 Å². The first-order valence-electron chi connectivity index (χ1n) is 21.2. The molecule has 0 radical (unpaired) electrons. The Morgan fingerprint density at radius 2 is 0.667 bits per heavy atom. The van der Waals surface area contributed by atoms with Gasteiger partial charge in [0.1, 0.15) is 0 Å². The average molecular weight is 809 g/mol. The fourth-order valence-corrected chi connectivity index (χ4v) is 8.69. The highest BCUT2D eigenvalue weighted by atomic mass is 15.0. The van der Waals surface area contributed by atoms with Crippen molar-refractivity contribution in [2.75, 3.05) is 0 Å². The topological polar surface area (TPSA) is 77.3 Å². The molecule has 0 amide bonds. The summed E-state index contributed by atoms with van der Waals surface area (Å²) in [5.41, 5.74) is 17.9. The molecule has 0 saturated heterocycles. The maximum atomic E-state index is 5.02. The lowest BCUT2D eigenvalue weighted by Gasteiger charge is -2.22. The molecule has 1 aliphatic carbocycles. The second-order valence-corrected chi connectivity index (χ2v) is 16.4. The predicted octanol–water partition coefficient (Wildman–Crippen LogP) is 13.7. The lowest BCUT2D eigenvalue weighted by Crippen LogP contribution is -2.15. The summed E-state index contributed by atoms with van der Waals surface area (Å²) < 4.78 is 0. The minimum absolute atomic E-state index is 0.235. The van der Waals surface area contributed by atoms with Gasteiger partial charge in [-0.3, -0.25) is 9.97 Å². The summed E-state index contributed by atoms with van der Waals surface area (Å²) in [4.78, 5) is 29.0. The van der Waals surface area contributed by atoms with Crippen molar-refractivity contribution in [2.45, 2.75) is 19.3 Å². The van der Waals surface area contributed by atoms with Crippen LogP contribution in [0.5, 0.6) is 0 Å². The van der Waals surface area contributed by atoms with Crippen molar-refractivity contribution in [3.63, 3.8) is 0 Å². The van der Waals surface area contributed by atoms with Crippen LogP contribution in [0.15, 0.2) is 207 Å². The molecule has 0 N–H and O–H groups in total. The quantitative estimate of drug-likeness (QED) is 0.152. The van der Waals surface area contributed by atoms with Crippen molar-refractivity contribution in [1.29, 1.82) is 0 Å². The van der Waals surface area contributed by atoms with E-state index < -0.39 is 0 Å². The van der Waals surface area contributed by atoms with Crippen LogP contribution in [0.25, 0.3) is 101 Å². The van der Waals surface area contributed by atoms with E-state index >= 15 is 0 Å². The second-order valence-electron chi connectivity index (χ2n) is 16.4. The molecular formula is C57H40N6. The summed E-state index contributed by atoms with van der Waals surface area (Å²) in [6.45, 7) is 4.64. The summed E-state index contributed by atoms with van der Waals surface area (Å²) in [6, 6.07) is 67.5. The van der Waals surface area contributed by atoms with Crippen molar-refractivity contribution < 1.29 is 0 Å². The van der Waals surface area contributed by atoms with Crippen LogP contribution < -0.4 is 0 Å². The molecule has 0 fully saturated rings. The number of aromatic nitrogens is 6.